The Bertz CT molecular complexity index is 824. The molecule has 1 aliphatic heterocycles. The molecule has 0 saturated carbocycles. The van der Waals surface area contributed by atoms with Gasteiger partial charge in [0.05, 0.1) is 32.8 Å². The van der Waals surface area contributed by atoms with E-state index in [1.807, 2.05) is 0 Å². The molecule has 5 heteroatoms. The van der Waals surface area contributed by atoms with Crippen molar-refractivity contribution in [3.05, 3.63) is 24.2 Å². The van der Waals surface area contributed by atoms with Crippen molar-refractivity contribution in [3.63, 3.8) is 0 Å². The van der Waals surface area contributed by atoms with Crippen LogP contribution in [0.15, 0.2) is 24.2 Å². The molecule has 1 aromatic carbocycles. The zero-order valence-electron chi connectivity index (χ0n) is 22.7. The molecule has 2 rings (SSSR count). The van der Waals surface area contributed by atoms with Crippen molar-refractivity contribution >= 4 is 12.6 Å². The summed E-state index contributed by atoms with van der Waals surface area (Å²) in [5.41, 5.74) is -1.88. The number of hydrogen-bond donors (Lipinski definition) is 0. The fourth-order valence-electron chi connectivity index (χ4n) is 1.53. The fraction of sp³-hybridized carbons (Fsp3) is 0.600. The van der Waals surface area contributed by atoms with Gasteiger partial charge in [0.1, 0.15) is 12.3 Å². The second kappa shape index (κ2) is 5.76. The van der Waals surface area contributed by atoms with Gasteiger partial charge in [-0.15, -0.1) is 0 Å². The summed E-state index contributed by atoms with van der Waals surface area (Å²) in [5, 5.41) is 0. The Kier molecular flexibility index (Phi) is 1.84. The Morgan fingerprint density at radius 1 is 1.15 bits per heavy atom. The maximum absolute atomic E-state index is 8.24. The first kappa shape index (κ1) is 6.38. The minimum atomic E-state index is -3.51. The molecule has 1 fully saturated rings. The highest BCUT2D eigenvalue weighted by molar-refractivity contribution is 6.62. The normalized spacial score (nSPS) is 30.2. The molecule has 1 saturated heterocycles. The molecule has 0 atom stereocenters. The zero-order chi connectivity index (χ0) is 24.4. The molecule has 1 aromatic rings. The highest BCUT2D eigenvalue weighted by Crippen LogP contribution is 2.36. The largest absolute Gasteiger partial charge is 0.494 e. The summed E-state index contributed by atoms with van der Waals surface area (Å²) in [7, 11) is -4.54. The zero-order valence-corrected chi connectivity index (χ0v) is 11.7. The lowest BCUT2D eigenvalue weighted by molar-refractivity contribution is 0.00578. The van der Waals surface area contributed by atoms with Gasteiger partial charge in [-0.2, -0.15) is 0 Å². The van der Waals surface area contributed by atoms with Crippen LogP contribution in [-0.2, 0) is 14.0 Å². The van der Waals surface area contributed by atoms with Gasteiger partial charge in [0.15, 0.2) is 0 Å². The van der Waals surface area contributed by atoms with Crippen LogP contribution in [0.2, 0.25) is 0 Å². The standard InChI is InChI=1S/C15H23BO4/c1-14(2)15(3,4)20-16(19-14)12-6-8-13(9-7-12)18-11-10-17-5/h6-9H,10-11H2,1-5H3/i5D3,6D,7D,8D,9D,10D2,11D2. The molecule has 1 heterocycles. The van der Waals surface area contributed by atoms with Crippen LogP contribution in [-0.4, -0.2) is 38.5 Å². The van der Waals surface area contributed by atoms with Crippen molar-refractivity contribution in [3.8, 4) is 5.75 Å². The number of rotatable bonds is 5. The van der Waals surface area contributed by atoms with Crippen molar-refractivity contribution in [1.29, 1.82) is 0 Å². The van der Waals surface area contributed by atoms with Crippen molar-refractivity contribution in [2.75, 3.05) is 20.2 Å². The van der Waals surface area contributed by atoms with Crippen molar-refractivity contribution in [2.24, 2.45) is 0 Å². The molecular weight excluding hydrogens is 255 g/mol. The lowest BCUT2D eigenvalue weighted by Crippen LogP contribution is -2.41. The van der Waals surface area contributed by atoms with E-state index in [9.17, 15) is 0 Å². The number of ether oxygens (including phenoxy) is 2. The van der Waals surface area contributed by atoms with Crippen LogP contribution >= 0.6 is 0 Å². The quantitative estimate of drug-likeness (QED) is 0.777. The van der Waals surface area contributed by atoms with Gasteiger partial charge in [0.25, 0.3) is 0 Å². The summed E-state index contributed by atoms with van der Waals surface area (Å²) >= 11 is 0. The molecule has 0 radical (unpaired) electrons. The minimum Gasteiger partial charge on any atom is -0.491 e. The van der Waals surface area contributed by atoms with E-state index in [1.165, 1.54) is 0 Å². The third-order valence-electron chi connectivity index (χ3n) is 3.36. The van der Waals surface area contributed by atoms with Crippen LogP contribution in [0, 0.1) is 0 Å². The Balaban J connectivity index is 2.50. The van der Waals surface area contributed by atoms with E-state index in [0.717, 1.165) is 0 Å². The van der Waals surface area contributed by atoms with Gasteiger partial charge in [-0.1, -0.05) is 12.1 Å². The molecule has 0 bridgehead atoms. The molecule has 0 spiro atoms. The van der Waals surface area contributed by atoms with Gasteiger partial charge < -0.3 is 18.8 Å². The summed E-state index contributed by atoms with van der Waals surface area (Å²) in [4.78, 5) is 0. The first-order chi connectivity index (χ1) is 13.6. The monoisotopic (exact) mass is 289 g/mol. The lowest BCUT2D eigenvalue weighted by Gasteiger charge is -2.32. The van der Waals surface area contributed by atoms with E-state index in [0.29, 0.717) is 0 Å². The smallest absolute Gasteiger partial charge is 0.491 e. The van der Waals surface area contributed by atoms with Crippen LogP contribution < -0.4 is 10.2 Å². The number of benzene rings is 1. The maximum atomic E-state index is 8.24. The molecule has 0 amide bonds. The van der Waals surface area contributed by atoms with Gasteiger partial charge in [0, 0.05) is 7.04 Å². The molecular formula is C15H23BO4. The average Bonchev–Trinajstić information content (AvgIpc) is 2.75. The van der Waals surface area contributed by atoms with Gasteiger partial charge in [-0.25, -0.2) is 0 Å². The first-order valence-corrected chi connectivity index (χ1v) is 5.98. The van der Waals surface area contributed by atoms with E-state index in [2.05, 4.69) is 4.74 Å². The SMILES string of the molecule is [2H]c1c([2H])c(B2OC(C)(C)C(C)(C)O2)c([2H])c([2H])c1OC([2H])([2H])C([2H])([2H])OC([2H])([2H])[2H]. The van der Waals surface area contributed by atoms with Gasteiger partial charge in [0.2, 0.25) is 0 Å². The first-order valence-electron chi connectivity index (χ1n) is 11.5. The van der Waals surface area contributed by atoms with Crippen LogP contribution in [0.5, 0.6) is 5.75 Å². The van der Waals surface area contributed by atoms with Gasteiger partial charge in [-0.05, 0) is 45.2 Å². The topological polar surface area (TPSA) is 36.9 Å². The summed E-state index contributed by atoms with van der Waals surface area (Å²) < 4.78 is 105. The lowest BCUT2D eigenvalue weighted by atomic mass is 9.79. The maximum Gasteiger partial charge on any atom is 0.494 e. The Hall–Kier alpha value is -1.04. The van der Waals surface area contributed by atoms with E-state index in [1.54, 1.807) is 27.7 Å². The predicted molar refractivity (Wildman–Crippen MR) is 79.5 cm³/mol. The fourth-order valence-corrected chi connectivity index (χ4v) is 1.53. The highest BCUT2D eigenvalue weighted by Gasteiger charge is 2.51. The van der Waals surface area contributed by atoms with Crippen molar-refractivity contribution in [1.82, 2.24) is 0 Å². The molecule has 4 nitrogen and oxygen atoms in total. The van der Waals surface area contributed by atoms with Gasteiger partial charge in [-0.3, -0.25) is 0 Å². The second-order valence-corrected chi connectivity index (χ2v) is 5.24. The summed E-state index contributed by atoms with van der Waals surface area (Å²) in [6.07, 6.45) is 0. The van der Waals surface area contributed by atoms with Crippen LogP contribution in [0.4, 0.5) is 0 Å². The third-order valence-corrected chi connectivity index (χ3v) is 3.36. The molecule has 110 valence electrons. The van der Waals surface area contributed by atoms with Crippen LogP contribution in [0.25, 0.3) is 0 Å². The Labute approximate surface area is 137 Å². The second-order valence-electron chi connectivity index (χ2n) is 5.24. The average molecular weight is 289 g/mol. The summed E-state index contributed by atoms with van der Waals surface area (Å²) in [6.45, 7) is -0.0282. The summed E-state index contributed by atoms with van der Waals surface area (Å²) in [6, 6.07) is -2.91. The van der Waals surface area contributed by atoms with Crippen molar-refractivity contribution < 1.29 is 33.9 Å². The Morgan fingerprint density at radius 2 is 1.75 bits per heavy atom. The van der Waals surface area contributed by atoms with E-state index >= 15 is 0 Å². The minimum absolute atomic E-state index is 0.233. The number of methoxy groups -OCH3 is 1. The number of hydrogen-bond acceptors (Lipinski definition) is 4. The Morgan fingerprint density at radius 3 is 2.30 bits per heavy atom. The molecule has 20 heavy (non-hydrogen) atoms. The van der Waals surface area contributed by atoms with Crippen LogP contribution in [0.1, 0.15) is 42.8 Å². The highest BCUT2D eigenvalue weighted by atomic mass is 16.7. The molecule has 0 N–H and O–H groups in total. The van der Waals surface area contributed by atoms with E-state index in [4.69, 9.17) is 29.1 Å². The predicted octanol–water partition coefficient (Wildman–Crippen LogP) is 2.01. The van der Waals surface area contributed by atoms with E-state index in [-0.39, 0.29) is 5.46 Å². The van der Waals surface area contributed by atoms with Crippen molar-refractivity contribution in [2.45, 2.75) is 38.9 Å². The summed E-state index contributed by atoms with van der Waals surface area (Å²) in [5.74, 6) is -0.918. The van der Waals surface area contributed by atoms with E-state index < -0.39 is 68.4 Å². The van der Waals surface area contributed by atoms with Crippen LogP contribution in [0.3, 0.4) is 0 Å². The van der Waals surface area contributed by atoms with Gasteiger partial charge >= 0.3 is 7.12 Å². The molecule has 0 aromatic heterocycles. The molecule has 1 aliphatic rings. The molecule has 0 unspecified atom stereocenters. The molecule has 0 aliphatic carbocycles. The third kappa shape index (κ3) is 3.16.